The topological polar surface area (TPSA) is 38.7 Å². The molecule has 0 radical (unpaired) electrons. The predicted octanol–water partition coefficient (Wildman–Crippen LogP) is 1.30. The van der Waals surface area contributed by atoms with Crippen LogP contribution in [0.2, 0.25) is 0 Å². The highest BCUT2D eigenvalue weighted by Crippen LogP contribution is 2.24. The highest BCUT2D eigenvalue weighted by molar-refractivity contribution is 7.99. The van der Waals surface area contributed by atoms with E-state index in [1.54, 1.807) is 0 Å². The third kappa shape index (κ3) is 3.63. The fraction of sp³-hybridized carbons (Fsp3) is 1.00. The van der Waals surface area contributed by atoms with Gasteiger partial charge in [-0.1, -0.05) is 0 Å². The lowest BCUT2D eigenvalue weighted by atomic mass is 9.92. The number of hydrogen-bond donors (Lipinski definition) is 1. The molecule has 0 aromatic rings. The molecule has 2 aliphatic rings. The third-order valence-electron chi connectivity index (χ3n) is 3.19. The maximum atomic E-state index is 10.0. The van der Waals surface area contributed by atoms with Gasteiger partial charge in [0, 0.05) is 24.7 Å². The molecule has 0 bridgehead atoms. The quantitative estimate of drug-likeness (QED) is 0.796. The molecule has 2 fully saturated rings. The largest absolute Gasteiger partial charge is 0.390 e. The Labute approximate surface area is 95.5 Å². The zero-order valence-corrected chi connectivity index (χ0v) is 9.88. The summed E-state index contributed by atoms with van der Waals surface area (Å²) in [5.74, 6) is 2.65. The van der Waals surface area contributed by atoms with Crippen molar-refractivity contribution < 1.29 is 14.6 Å². The van der Waals surface area contributed by atoms with Crippen molar-refractivity contribution in [3.05, 3.63) is 0 Å². The summed E-state index contributed by atoms with van der Waals surface area (Å²) < 4.78 is 10.9. The summed E-state index contributed by atoms with van der Waals surface area (Å²) in [6.45, 7) is 2.51. The molecule has 2 atom stereocenters. The number of rotatable bonds is 3. The van der Waals surface area contributed by atoms with Crippen molar-refractivity contribution >= 4 is 11.8 Å². The zero-order valence-electron chi connectivity index (χ0n) is 9.06. The van der Waals surface area contributed by atoms with Gasteiger partial charge in [-0.3, -0.25) is 0 Å². The van der Waals surface area contributed by atoms with E-state index in [2.05, 4.69) is 0 Å². The summed E-state index contributed by atoms with van der Waals surface area (Å²) in [6, 6.07) is 0. The maximum Gasteiger partial charge on any atom is 0.0924 e. The van der Waals surface area contributed by atoms with Crippen molar-refractivity contribution in [2.24, 2.45) is 5.92 Å². The van der Waals surface area contributed by atoms with Gasteiger partial charge in [-0.2, -0.15) is 11.8 Å². The molecule has 1 N–H and O–H groups in total. The van der Waals surface area contributed by atoms with Gasteiger partial charge in [0.25, 0.3) is 0 Å². The SMILES string of the molecule is OC(CC1CCOCC1)C1CSCCO1. The van der Waals surface area contributed by atoms with Gasteiger partial charge in [0.1, 0.15) is 0 Å². The van der Waals surface area contributed by atoms with E-state index in [1.165, 1.54) is 0 Å². The van der Waals surface area contributed by atoms with Crippen molar-refractivity contribution in [2.75, 3.05) is 31.3 Å². The first kappa shape index (κ1) is 11.7. The number of hydrogen-bond acceptors (Lipinski definition) is 4. The average molecular weight is 232 g/mol. The van der Waals surface area contributed by atoms with Crippen LogP contribution in [0.15, 0.2) is 0 Å². The predicted molar refractivity (Wildman–Crippen MR) is 61.2 cm³/mol. The van der Waals surface area contributed by atoms with E-state index >= 15 is 0 Å². The zero-order chi connectivity index (χ0) is 10.5. The maximum absolute atomic E-state index is 10.0. The minimum atomic E-state index is -0.277. The molecule has 88 valence electrons. The average Bonchev–Trinajstić information content (AvgIpc) is 2.31. The molecule has 2 aliphatic heterocycles. The van der Waals surface area contributed by atoms with Crippen LogP contribution in [0.25, 0.3) is 0 Å². The molecule has 15 heavy (non-hydrogen) atoms. The molecule has 3 nitrogen and oxygen atoms in total. The highest BCUT2D eigenvalue weighted by Gasteiger charge is 2.26. The van der Waals surface area contributed by atoms with Gasteiger partial charge in [-0.15, -0.1) is 0 Å². The molecule has 4 heteroatoms. The third-order valence-corrected chi connectivity index (χ3v) is 4.21. The second kappa shape index (κ2) is 6.09. The molecule has 2 heterocycles. The van der Waals surface area contributed by atoms with E-state index in [9.17, 15) is 5.11 Å². The summed E-state index contributed by atoms with van der Waals surface area (Å²) in [5, 5.41) is 10.0. The molecule has 0 amide bonds. The van der Waals surface area contributed by atoms with E-state index < -0.39 is 0 Å². The molecule has 0 aromatic heterocycles. The Morgan fingerprint density at radius 1 is 1.27 bits per heavy atom. The molecule has 0 aliphatic carbocycles. The lowest BCUT2D eigenvalue weighted by Crippen LogP contribution is -2.37. The van der Waals surface area contributed by atoms with Crippen molar-refractivity contribution in [3.8, 4) is 0 Å². The normalized spacial score (nSPS) is 31.4. The van der Waals surface area contributed by atoms with Gasteiger partial charge in [0.15, 0.2) is 0 Å². The molecule has 0 saturated carbocycles. The number of aliphatic hydroxyl groups is 1. The molecule has 2 unspecified atom stereocenters. The lowest BCUT2D eigenvalue weighted by molar-refractivity contribution is -0.0403. The summed E-state index contributed by atoms with van der Waals surface area (Å²) >= 11 is 1.88. The molecule has 2 saturated heterocycles. The van der Waals surface area contributed by atoms with Crippen LogP contribution in [0.5, 0.6) is 0 Å². The Morgan fingerprint density at radius 3 is 2.73 bits per heavy atom. The first-order valence-corrected chi connectivity index (χ1v) is 6.97. The Morgan fingerprint density at radius 2 is 2.07 bits per heavy atom. The fourth-order valence-corrected chi connectivity index (χ4v) is 3.13. The van der Waals surface area contributed by atoms with Gasteiger partial charge in [0.05, 0.1) is 18.8 Å². The lowest BCUT2D eigenvalue weighted by Gasteiger charge is -2.30. The first-order valence-electron chi connectivity index (χ1n) is 5.81. The Kier molecular flexibility index (Phi) is 4.75. The van der Waals surface area contributed by atoms with Crippen LogP contribution < -0.4 is 0 Å². The van der Waals surface area contributed by atoms with Crippen molar-refractivity contribution in [1.82, 2.24) is 0 Å². The minimum Gasteiger partial charge on any atom is -0.390 e. The first-order chi connectivity index (χ1) is 7.36. The van der Waals surface area contributed by atoms with Crippen LogP contribution >= 0.6 is 11.8 Å². The summed E-state index contributed by atoms with van der Waals surface area (Å²) in [7, 11) is 0. The molecule has 0 aromatic carbocycles. The van der Waals surface area contributed by atoms with Crippen LogP contribution in [0.1, 0.15) is 19.3 Å². The van der Waals surface area contributed by atoms with E-state index in [4.69, 9.17) is 9.47 Å². The smallest absolute Gasteiger partial charge is 0.0924 e. The Bertz CT molecular complexity index is 177. The summed E-state index contributed by atoms with van der Waals surface area (Å²) in [4.78, 5) is 0. The number of thioether (sulfide) groups is 1. The fourth-order valence-electron chi connectivity index (χ4n) is 2.20. The molecular formula is C11H20O3S. The van der Waals surface area contributed by atoms with Crippen LogP contribution in [-0.2, 0) is 9.47 Å². The van der Waals surface area contributed by atoms with Gasteiger partial charge in [-0.05, 0) is 25.2 Å². The van der Waals surface area contributed by atoms with Gasteiger partial charge < -0.3 is 14.6 Å². The number of aliphatic hydroxyl groups excluding tert-OH is 1. The molecular weight excluding hydrogens is 212 g/mol. The standard InChI is InChI=1S/C11H20O3S/c12-10(11-8-15-6-5-14-11)7-9-1-3-13-4-2-9/h9-12H,1-8H2. The van der Waals surface area contributed by atoms with Crippen LogP contribution in [0.4, 0.5) is 0 Å². The Hall–Kier alpha value is 0.230. The minimum absolute atomic E-state index is 0.0617. The van der Waals surface area contributed by atoms with E-state index in [-0.39, 0.29) is 12.2 Å². The second-order valence-corrected chi connectivity index (χ2v) is 5.49. The van der Waals surface area contributed by atoms with Crippen LogP contribution in [-0.4, -0.2) is 48.6 Å². The van der Waals surface area contributed by atoms with Crippen molar-refractivity contribution in [3.63, 3.8) is 0 Å². The monoisotopic (exact) mass is 232 g/mol. The van der Waals surface area contributed by atoms with Gasteiger partial charge >= 0.3 is 0 Å². The van der Waals surface area contributed by atoms with E-state index in [1.807, 2.05) is 11.8 Å². The molecule has 2 rings (SSSR count). The molecule has 0 spiro atoms. The second-order valence-electron chi connectivity index (χ2n) is 4.34. The summed E-state index contributed by atoms with van der Waals surface area (Å²) in [6.07, 6.45) is 2.86. The Balaban J connectivity index is 1.72. The highest BCUT2D eigenvalue weighted by atomic mass is 32.2. The van der Waals surface area contributed by atoms with E-state index in [0.717, 1.165) is 50.6 Å². The van der Waals surface area contributed by atoms with Gasteiger partial charge in [0.2, 0.25) is 0 Å². The van der Waals surface area contributed by atoms with Crippen LogP contribution in [0, 0.1) is 5.92 Å². The summed E-state index contributed by atoms with van der Waals surface area (Å²) in [5.41, 5.74) is 0. The van der Waals surface area contributed by atoms with Crippen LogP contribution in [0.3, 0.4) is 0 Å². The van der Waals surface area contributed by atoms with Crippen molar-refractivity contribution in [1.29, 1.82) is 0 Å². The number of ether oxygens (including phenoxy) is 2. The van der Waals surface area contributed by atoms with Gasteiger partial charge in [-0.25, -0.2) is 0 Å². The van der Waals surface area contributed by atoms with E-state index in [0.29, 0.717) is 5.92 Å². The van der Waals surface area contributed by atoms with Crippen molar-refractivity contribution in [2.45, 2.75) is 31.5 Å².